The predicted octanol–water partition coefficient (Wildman–Crippen LogP) is 0.843. The van der Waals surface area contributed by atoms with E-state index in [1.54, 1.807) is 4.90 Å². The third-order valence-electron chi connectivity index (χ3n) is 4.00. The van der Waals surface area contributed by atoms with Crippen molar-refractivity contribution in [1.82, 2.24) is 10.2 Å². The Balaban J connectivity index is 1.83. The van der Waals surface area contributed by atoms with E-state index in [0.717, 1.165) is 43.7 Å². The van der Waals surface area contributed by atoms with E-state index in [0.29, 0.717) is 12.5 Å². The van der Waals surface area contributed by atoms with Crippen molar-refractivity contribution in [1.29, 1.82) is 0 Å². The Hall–Kier alpha value is -0.260. The molecule has 0 aromatic rings. The Morgan fingerprint density at radius 2 is 2.22 bits per heavy atom. The molecule has 1 saturated heterocycles. The van der Waals surface area contributed by atoms with Crippen LogP contribution in [0.2, 0.25) is 0 Å². The van der Waals surface area contributed by atoms with E-state index in [4.69, 9.17) is 0 Å². The van der Waals surface area contributed by atoms with Crippen LogP contribution in [0.25, 0.3) is 0 Å². The number of aliphatic hydroxyl groups excluding tert-OH is 1. The highest BCUT2D eigenvalue weighted by molar-refractivity contribution is 7.99. The van der Waals surface area contributed by atoms with E-state index in [1.165, 1.54) is 0 Å². The van der Waals surface area contributed by atoms with Crippen LogP contribution in [0.1, 0.15) is 32.1 Å². The zero-order chi connectivity index (χ0) is 13.0. The van der Waals surface area contributed by atoms with E-state index in [-0.39, 0.29) is 18.1 Å². The van der Waals surface area contributed by atoms with Crippen LogP contribution in [-0.2, 0) is 4.79 Å². The maximum atomic E-state index is 12.2. The van der Waals surface area contributed by atoms with Crippen LogP contribution in [-0.4, -0.2) is 59.2 Å². The molecule has 2 rings (SSSR count). The number of nitrogens with one attached hydrogen (secondary N) is 1. The highest BCUT2D eigenvalue weighted by atomic mass is 32.2. The first-order chi connectivity index (χ1) is 8.68. The molecule has 104 valence electrons. The molecule has 2 fully saturated rings. The van der Waals surface area contributed by atoms with E-state index in [9.17, 15) is 9.90 Å². The van der Waals surface area contributed by atoms with Crippen LogP contribution in [0.4, 0.5) is 0 Å². The summed E-state index contributed by atoms with van der Waals surface area (Å²) in [7, 11) is 1.84. The first-order valence-electron chi connectivity index (χ1n) is 6.93. The lowest BCUT2D eigenvalue weighted by Gasteiger charge is -2.36. The normalized spacial score (nSPS) is 33.1. The van der Waals surface area contributed by atoms with Crippen molar-refractivity contribution in [2.75, 3.05) is 25.1 Å². The Morgan fingerprint density at radius 1 is 1.44 bits per heavy atom. The van der Waals surface area contributed by atoms with Gasteiger partial charge in [0, 0.05) is 37.6 Å². The molecule has 0 aromatic heterocycles. The highest BCUT2D eigenvalue weighted by Crippen LogP contribution is 2.23. The number of rotatable bonds is 3. The van der Waals surface area contributed by atoms with Gasteiger partial charge in [-0.3, -0.25) is 4.79 Å². The number of nitrogens with zero attached hydrogens (tertiary/aromatic N) is 1. The summed E-state index contributed by atoms with van der Waals surface area (Å²) in [6.45, 7) is 0.998. The Kier molecular flexibility index (Phi) is 5.33. The van der Waals surface area contributed by atoms with E-state index >= 15 is 0 Å². The summed E-state index contributed by atoms with van der Waals surface area (Å²) in [6, 6.07) is 0.335. The van der Waals surface area contributed by atoms with Gasteiger partial charge in [-0.1, -0.05) is 12.8 Å². The molecule has 1 heterocycles. The van der Waals surface area contributed by atoms with Crippen LogP contribution in [0.5, 0.6) is 0 Å². The number of hydrogen-bond acceptors (Lipinski definition) is 4. The summed E-state index contributed by atoms with van der Waals surface area (Å²) in [4.78, 5) is 14.0. The summed E-state index contributed by atoms with van der Waals surface area (Å²) in [5, 5.41) is 13.4. The molecule has 0 aromatic carbocycles. The third kappa shape index (κ3) is 3.62. The van der Waals surface area contributed by atoms with E-state index in [2.05, 4.69) is 5.32 Å². The first kappa shape index (κ1) is 14.2. The van der Waals surface area contributed by atoms with Gasteiger partial charge in [0.15, 0.2) is 0 Å². The first-order valence-corrected chi connectivity index (χ1v) is 8.09. The molecule has 1 saturated carbocycles. The van der Waals surface area contributed by atoms with Gasteiger partial charge >= 0.3 is 0 Å². The number of carbonyl (C=O) groups excluding carboxylic acids is 1. The maximum Gasteiger partial charge on any atom is 0.224 e. The molecule has 0 spiro atoms. The summed E-state index contributed by atoms with van der Waals surface area (Å²) >= 11 is 1.91. The van der Waals surface area contributed by atoms with Crippen molar-refractivity contribution < 1.29 is 9.90 Å². The Labute approximate surface area is 113 Å². The molecule has 4 nitrogen and oxygen atoms in total. The second-order valence-electron chi connectivity index (χ2n) is 5.35. The lowest BCUT2D eigenvalue weighted by molar-refractivity contribution is -0.135. The van der Waals surface area contributed by atoms with Gasteiger partial charge < -0.3 is 15.3 Å². The standard InChI is InChI=1S/C13H24N2O2S/c1-15(11-4-2-3-5-12(11)16)13(17)8-10-9-18-7-6-14-10/h10-12,14,16H,2-9H2,1H3. The van der Waals surface area contributed by atoms with Crippen LogP contribution in [0.15, 0.2) is 0 Å². The predicted molar refractivity (Wildman–Crippen MR) is 74.8 cm³/mol. The van der Waals surface area contributed by atoms with Gasteiger partial charge in [0.2, 0.25) is 5.91 Å². The van der Waals surface area contributed by atoms with Gasteiger partial charge in [-0.05, 0) is 12.8 Å². The highest BCUT2D eigenvalue weighted by Gasteiger charge is 2.30. The number of carbonyl (C=O) groups is 1. The fraction of sp³-hybridized carbons (Fsp3) is 0.923. The maximum absolute atomic E-state index is 12.2. The lowest BCUT2D eigenvalue weighted by Crippen LogP contribution is -2.49. The number of amides is 1. The Morgan fingerprint density at radius 3 is 2.89 bits per heavy atom. The second-order valence-corrected chi connectivity index (χ2v) is 6.50. The molecule has 0 radical (unpaired) electrons. The van der Waals surface area contributed by atoms with Gasteiger partial charge in [-0.2, -0.15) is 11.8 Å². The third-order valence-corrected chi connectivity index (χ3v) is 5.14. The molecular weight excluding hydrogens is 248 g/mol. The summed E-state index contributed by atoms with van der Waals surface area (Å²) in [5.74, 6) is 2.33. The topological polar surface area (TPSA) is 52.6 Å². The van der Waals surface area contributed by atoms with Crippen molar-refractivity contribution in [2.24, 2.45) is 0 Å². The molecule has 5 heteroatoms. The van der Waals surface area contributed by atoms with Gasteiger partial charge in [0.25, 0.3) is 0 Å². The molecular formula is C13H24N2O2S. The monoisotopic (exact) mass is 272 g/mol. The van der Waals surface area contributed by atoms with Gasteiger partial charge in [-0.25, -0.2) is 0 Å². The summed E-state index contributed by atoms with van der Waals surface area (Å²) in [6.07, 6.45) is 4.21. The SMILES string of the molecule is CN(C(=O)CC1CSCCN1)C1CCCCC1O. The lowest BCUT2D eigenvalue weighted by atomic mass is 9.91. The molecule has 1 amide bonds. The quantitative estimate of drug-likeness (QED) is 0.799. The molecule has 3 unspecified atom stereocenters. The minimum absolute atomic E-state index is 0.0301. The van der Waals surface area contributed by atoms with Crippen molar-refractivity contribution in [3.05, 3.63) is 0 Å². The Bertz CT molecular complexity index is 282. The smallest absolute Gasteiger partial charge is 0.224 e. The van der Waals surface area contributed by atoms with Crippen LogP contribution in [0, 0.1) is 0 Å². The molecule has 1 aliphatic carbocycles. The molecule has 18 heavy (non-hydrogen) atoms. The van der Waals surface area contributed by atoms with Crippen molar-refractivity contribution in [3.8, 4) is 0 Å². The minimum atomic E-state index is -0.332. The molecule has 2 N–H and O–H groups in total. The van der Waals surface area contributed by atoms with Crippen LogP contribution >= 0.6 is 11.8 Å². The summed E-state index contributed by atoms with van der Waals surface area (Å²) in [5.41, 5.74) is 0. The zero-order valence-electron chi connectivity index (χ0n) is 11.1. The van der Waals surface area contributed by atoms with Crippen LogP contribution in [0.3, 0.4) is 0 Å². The van der Waals surface area contributed by atoms with Crippen molar-refractivity contribution in [2.45, 2.75) is 50.3 Å². The molecule has 3 atom stereocenters. The van der Waals surface area contributed by atoms with Crippen molar-refractivity contribution in [3.63, 3.8) is 0 Å². The fourth-order valence-corrected chi connectivity index (χ4v) is 3.78. The second kappa shape index (κ2) is 6.78. The number of hydrogen-bond donors (Lipinski definition) is 2. The summed E-state index contributed by atoms with van der Waals surface area (Å²) < 4.78 is 0. The van der Waals surface area contributed by atoms with Crippen LogP contribution < -0.4 is 5.32 Å². The van der Waals surface area contributed by atoms with E-state index in [1.807, 2.05) is 18.8 Å². The van der Waals surface area contributed by atoms with Crippen molar-refractivity contribution >= 4 is 17.7 Å². The van der Waals surface area contributed by atoms with Gasteiger partial charge in [0.05, 0.1) is 12.1 Å². The van der Waals surface area contributed by atoms with E-state index < -0.39 is 0 Å². The number of aliphatic hydroxyl groups is 1. The fourth-order valence-electron chi connectivity index (χ4n) is 2.83. The largest absolute Gasteiger partial charge is 0.391 e. The van der Waals surface area contributed by atoms with Gasteiger partial charge in [-0.15, -0.1) is 0 Å². The number of thioether (sulfide) groups is 1. The molecule has 0 bridgehead atoms. The minimum Gasteiger partial charge on any atom is -0.391 e. The zero-order valence-corrected chi connectivity index (χ0v) is 11.9. The average molecular weight is 272 g/mol. The average Bonchev–Trinajstić information content (AvgIpc) is 2.39. The molecule has 1 aliphatic heterocycles. The van der Waals surface area contributed by atoms with Gasteiger partial charge in [0.1, 0.15) is 0 Å². The number of likely N-dealkylation sites (N-methyl/N-ethyl adjacent to an activating group) is 1. The molecule has 2 aliphatic rings.